The van der Waals surface area contributed by atoms with Crippen LogP contribution in [0.5, 0.6) is 0 Å². The second kappa shape index (κ2) is 5.31. The van der Waals surface area contributed by atoms with Gasteiger partial charge in [0.2, 0.25) is 0 Å². The Balaban J connectivity index is 2.90. The maximum atomic E-state index is 11.3. The second-order valence-electron chi connectivity index (χ2n) is 2.69. The van der Waals surface area contributed by atoms with E-state index in [-0.39, 0.29) is 17.1 Å². The van der Waals surface area contributed by atoms with E-state index in [4.69, 9.17) is 4.74 Å². The summed E-state index contributed by atoms with van der Waals surface area (Å²) in [6, 6.07) is 5.67. The Hall–Kier alpha value is -1.62. The molecule has 0 saturated carbocycles. The first-order valence-corrected chi connectivity index (χ1v) is 5.35. The van der Waals surface area contributed by atoms with Gasteiger partial charge in [0.05, 0.1) is 10.5 Å². The maximum absolute atomic E-state index is 11.3. The molecule has 0 aliphatic carbocycles. The topological polar surface area (TPSA) is 60.4 Å². The van der Waals surface area contributed by atoms with Crippen LogP contribution in [-0.2, 0) is 15.4 Å². The summed E-state index contributed by atoms with van der Waals surface area (Å²) in [5.41, 5.74) is 0.216. The number of thiol groups is 1. The Labute approximate surface area is 89.1 Å². The van der Waals surface area contributed by atoms with Crippen LogP contribution in [0.1, 0.15) is 10.4 Å². The number of carbonyl (C=O) groups is 1. The minimum absolute atomic E-state index is 0.0954. The molecule has 0 atom stereocenters. The summed E-state index contributed by atoms with van der Waals surface area (Å²) in [5.74, 6) is -0.561. The van der Waals surface area contributed by atoms with Crippen molar-refractivity contribution in [3.8, 4) is 0 Å². The summed E-state index contributed by atoms with van der Waals surface area (Å²) in [5, 5.41) is 0. The van der Waals surface area contributed by atoms with Gasteiger partial charge < -0.3 is 4.74 Å². The lowest BCUT2D eigenvalue weighted by molar-refractivity contribution is 0.0549. The zero-order valence-electron chi connectivity index (χ0n) is 7.88. The molecule has 1 rings (SSSR count). The van der Waals surface area contributed by atoms with Crippen LogP contribution in [0.2, 0.25) is 0 Å². The van der Waals surface area contributed by atoms with E-state index in [2.05, 4.69) is 6.58 Å². The third-order valence-electron chi connectivity index (χ3n) is 1.62. The largest absolute Gasteiger partial charge is 0.458 e. The molecule has 0 unspecified atom stereocenters. The summed E-state index contributed by atoms with van der Waals surface area (Å²) >= 11 is 0. The smallest absolute Gasteiger partial charge is 0.338 e. The highest BCUT2D eigenvalue weighted by Gasteiger charge is 2.07. The van der Waals surface area contributed by atoms with E-state index in [1.165, 1.54) is 30.3 Å². The van der Waals surface area contributed by atoms with Crippen molar-refractivity contribution >= 4 is 16.7 Å². The van der Waals surface area contributed by atoms with Gasteiger partial charge in [-0.3, -0.25) is 0 Å². The molecule has 0 amide bonds. The van der Waals surface area contributed by atoms with Crippen LogP contribution in [0.3, 0.4) is 0 Å². The first kappa shape index (κ1) is 11.5. The highest BCUT2D eigenvalue weighted by molar-refractivity contribution is 7.72. The van der Waals surface area contributed by atoms with Gasteiger partial charge >= 0.3 is 5.97 Å². The van der Waals surface area contributed by atoms with Crippen molar-refractivity contribution in [2.24, 2.45) is 0 Å². The molecule has 5 heteroatoms. The molecule has 0 radical (unpaired) electrons. The fraction of sp³-hybridized carbons (Fsp3) is 0.100. The standard InChI is InChI=1S/C10H10O4S/c1-2-6-14-10(11)8-4-3-5-9(7-8)15(12)13/h2-5,7,15H,1,6H2. The van der Waals surface area contributed by atoms with Gasteiger partial charge in [0.1, 0.15) is 6.61 Å². The zero-order chi connectivity index (χ0) is 11.3. The molecule has 0 fully saturated rings. The number of benzene rings is 1. The van der Waals surface area contributed by atoms with E-state index in [0.717, 1.165) is 0 Å². The predicted octanol–water partition coefficient (Wildman–Crippen LogP) is 1.000. The van der Waals surface area contributed by atoms with Crippen molar-refractivity contribution < 1.29 is 17.9 Å². The SMILES string of the molecule is C=CCOC(=O)c1cccc([SH](=O)=O)c1. The fourth-order valence-electron chi connectivity index (χ4n) is 0.964. The van der Waals surface area contributed by atoms with Crippen LogP contribution in [0.15, 0.2) is 41.8 Å². The van der Waals surface area contributed by atoms with Crippen LogP contribution in [0.4, 0.5) is 0 Å². The molecule has 80 valence electrons. The number of rotatable bonds is 4. The lowest BCUT2D eigenvalue weighted by Crippen LogP contribution is -2.05. The number of esters is 1. The third kappa shape index (κ3) is 3.21. The van der Waals surface area contributed by atoms with Crippen molar-refractivity contribution in [2.75, 3.05) is 6.61 Å². The van der Waals surface area contributed by atoms with Crippen LogP contribution in [0.25, 0.3) is 0 Å². The summed E-state index contributed by atoms with van der Waals surface area (Å²) in [6.45, 7) is 3.50. The van der Waals surface area contributed by atoms with E-state index >= 15 is 0 Å². The van der Waals surface area contributed by atoms with Gasteiger partial charge in [-0.05, 0) is 18.2 Å². The lowest BCUT2D eigenvalue weighted by Gasteiger charge is -2.01. The lowest BCUT2D eigenvalue weighted by atomic mass is 10.2. The average Bonchev–Trinajstić information content (AvgIpc) is 2.26. The minimum Gasteiger partial charge on any atom is -0.458 e. The van der Waals surface area contributed by atoms with Crippen LogP contribution >= 0.6 is 0 Å². The van der Waals surface area contributed by atoms with Crippen molar-refractivity contribution in [1.82, 2.24) is 0 Å². The monoisotopic (exact) mass is 226 g/mol. The van der Waals surface area contributed by atoms with E-state index in [9.17, 15) is 13.2 Å². The van der Waals surface area contributed by atoms with Gasteiger partial charge in [0, 0.05) is 0 Å². The predicted molar refractivity (Wildman–Crippen MR) is 55.5 cm³/mol. The normalized spacial score (nSPS) is 9.93. The van der Waals surface area contributed by atoms with Gasteiger partial charge in [0.25, 0.3) is 0 Å². The van der Waals surface area contributed by atoms with Gasteiger partial charge in [-0.25, -0.2) is 13.2 Å². The van der Waals surface area contributed by atoms with Gasteiger partial charge in [0.15, 0.2) is 10.7 Å². The molecule has 15 heavy (non-hydrogen) atoms. The summed E-state index contributed by atoms with van der Waals surface area (Å²) in [6.07, 6.45) is 1.44. The first-order valence-electron chi connectivity index (χ1n) is 4.17. The van der Waals surface area contributed by atoms with Crippen LogP contribution in [0, 0.1) is 0 Å². The Kier molecular flexibility index (Phi) is 4.05. The zero-order valence-corrected chi connectivity index (χ0v) is 8.78. The molecule has 0 spiro atoms. The van der Waals surface area contributed by atoms with Crippen molar-refractivity contribution in [3.63, 3.8) is 0 Å². The molecule has 1 aromatic rings. The highest BCUT2D eigenvalue weighted by Crippen LogP contribution is 2.07. The first-order chi connectivity index (χ1) is 7.15. The molecular weight excluding hydrogens is 216 g/mol. The summed E-state index contributed by atoms with van der Waals surface area (Å²) in [4.78, 5) is 11.4. The van der Waals surface area contributed by atoms with E-state index in [1.807, 2.05) is 0 Å². The Morgan fingerprint density at radius 3 is 2.80 bits per heavy atom. The molecule has 0 aliphatic heterocycles. The number of hydrogen-bond acceptors (Lipinski definition) is 4. The number of hydrogen-bond donors (Lipinski definition) is 1. The molecule has 0 N–H and O–H groups in total. The Morgan fingerprint density at radius 2 is 2.20 bits per heavy atom. The van der Waals surface area contributed by atoms with E-state index in [0.29, 0.717) is 0 Å². The maximum Gasteiger partial charge on any atom is 0.338 e. The fourth-order valence-corrected chi connectivity index (χ4v) is 1.42. The number of carbonyl (C=O) groups excluding carboxylic acids is 1. The Bertz CT molecular complexity index is 440. The summed E-state index contributed by atoms with van der Waals surface area (Å²) in [7, 11) is -2.68. The van der Waals surface area contributed by atoms with E-state index in [1.54, 1.807) is 0 Å². The van der Waals surface area contributed by atoms with Gasteiger partial charge in [-0.15, -0.1) is 0 Å². The Morgan fingerprint density at radius 1 is 1.47 bits per heavy atom. The van der Waals surface area contributed by atoms with Gasteiger partial charge in [-0.1, -0.05) is 18.7 Å². The molecule has 0 aliphatic rings. The van der Waals surface area contributed by atoms with Crippen LogP contribution < -0.4 is 0 Å². The highest BCUT2D eigenvalue weighted by atomic mass is 32.2. The molecule has 0 saturated heterocycles. The molecule has 0 bridgehead atoms. The summed E-state index contributed by atoms with van der Waals surface area (Å²) < 4.78 is 26.1. The molecule has 0 aromatic heterocycles. The number of ether oxygens (including phenoxy) is 1. The third-order valence-corrected chi connectivity index (χ3v) is 2.32. The van der Waals surface area contributed by atoms with Gasteiger partial charge in [-0.2, -0.15) is 0 Å². The van der Waals surface area contributed by atoms with Crippen LogP contribution in [-0.4, -0.2) is 21.0 Å². The minimum atomic E-state index is -2.68. The van der Waals surface area contributed by atoms with Crippen molar-refractivity contribution in [3.05, 3.63) is 42.5 Å². The molecule has 1 aromatic carbocycles. The van der Waals surface area contributed by atoms with E-state index < -0.39 is 16.7 Å². The molecular formula is C10H10O4S. The molecule has 4 nitrogen and oxygen atoms in total. The average molecular weight is 226 g/mol. The van der Waals surface area contributed by atoms with Crippen molar-refractivity contribution in [2.45, 2.75) is 4.90 Å². The second-order valence-corrected chi connectivity index (χ2v) is 3.73. The quantitative estimate of drug-likeness (QED) is 0.472. The molecule has 0 heterocycles. The van der Waals surface area contributed by atoms with Crippen molar-refractivity contribution in [1.29, 1.82) is 0 Å².